The molecule has 2 aromatic carbocycles. The largest absolute Gasteiger partial charge is 0.493 e. The highest BCUT2D eigenvalue weighted by atomic mass is 19.3. The summed E-state index contributed by atoms with van der Waals surface area (Å²) in [5.74, 6) is 0.330. The molecule has 9 heteroatoms. The van der Waals surface area contributed by atoms with Gasteiger partial charge in [0, 0.05) is 11.1 Å². The first-order valence-corrected chi connectivity index (χ1v) is 8.26. The van der Waals surface area contributed by atoms with Crippen LogP contribution in [0.25, 0.3) is 0 Å². The van der Waals surface area contributed by atoms with Crippen molar-refractivity contribution in [1.29, 1.82) is 0 Å². The number of rotatable bonds is 9. The zero-order valence-corrected chi connectivity index (χ0v) is 15.6. The highest BCUT2D eigenvalue weighted by molar-refractivity contribution is 5.95. The Morgan fingerprint density at radius 2 is 1.89 bits per heavy atom. The van der Waals surface area contributed by atoms with Crippen LogP contribution in [0, 0.1) is 0 Å². The molecule has 7 nitrogen and oxygen atoms in total. The van der Waals surface area contributed by atoms with Gasteiger partial charge in [0.1, 0.15) is 0 Å². The van der Waals surface area contributed by atoms with Crippen molar-refractivity contribution in [2.45, 2.75) is 13.5 Å². The maximum atomic E-state index is 12.7. The van der Waals surface area contributed by atoms with Crippen LogP contribution < -0.4 is 24.4 Å². The number of benzene rings is 2. The molecule has 2 rings (SSSR count). The molecule has 0 saturated heterocycles. The van der Waals surface area contributed by atoms with Crippen molar-refractivity contribution in [3.63, 3.8) is 0 Å². The number of halogens is 2. The summed E-state index contributed by atoms with van der Waals surface area (Å²) in [5.41, 5.74) is 2.82. The number of hydrogen-bond donors (Lipinski definition) is 1. The Kier molecular flexibility index (Phi) is 7.55. The number of carbonyl (C=O) groups excluding carboxylic acids is 1. The Morgan fingerprint density at radius 3 is 2.54 bits per heavy atom. The van der Waals surface area contributed by atoms with E-state index in [0.29, 0.717) is 11.5 Å². The number of nitrogens with zero attached hydrogens (tertiary/aromatic N) is 1. The fourth-order valence-corrected chi connectivity index (χ4v) is 2.32. The Bertz CT molecular complexity index is 843. The minimum atomic E-state index is -3.03. The van der Waals surface area contributed by atoms with Gasteiger partial charge in [-0.05, 0) is 37.3 Å². The average Bonchev–Trinajstić information content (AvgIpc) is 2.69. The number of carbonyl (C=O) groups is 1. The molecule has 1 amide bonds. The van der Waals surface area contributed by atoms with Crippen LogP contribution in [-0.2, 0) is 0 Å². The molecule has 1 N–H and O–H groups in total. The third-order valence-corrected chi connectivity index (χ3v) is 3.53. The van der Waals surface area contributed by atoms with Gasteiger partial charge in [0.25, 0.3) is 5.91 Å². The van der Waals surface area contributed by atoms with E-state index in [1.165, 1.54) is 44.7 Å². The van der Waals surface area contributed by atoms with E-state index < -0.39 is 12.5 Å². The van der Waals surface area contributed by atoms with E-state index in [-0.39, 0.29) is 29.2 Å². The first kappa shape index (κ1) is 20.9. The number of hydrazone groups is 1. The summed E-state index contributed by atoms with van der Waals surface area (Å²) in [4.78, 5) is 12.2. The quantitative estimate of drug-likeness (QED) is 0.521. The third kappa shape index (κ3) is 5.32. The summed E-state index contributed by atoms with van der Waals surface area (Å²) in [6, 6.07) is 9.21. The highest BCUT2D eigenvalue weighted by Crippen LogP contribution is 2.32. The molecule has 0 spiro atoms. The maximum Gasteiger partial charge on any atom is 0.387 e. The van der Waals surface area contributed by atoms with Crippen LogP contribution >= 0.6 is 0 Å². The van der Waals surface area contributed by atoms with E-state index >= 15 is 0 Å². The van der Waals surface area contributed by atoms with Crippen LogP contribution in [0.1, 0.15) is 22.8 Å². The van der Waals surface area contributed by atoms with Crippen molar-refractivity contribution in [2.75, 3.05) is 20.8 Å². The number of methoxy groups -OCH3 is 2. The first-order valence-electron chi connectivity index (χ1n) is 8.26. The third-order valence-electron chi connectivity index (χ3n) is 3.53. The average molecular weight is 394 g/mol. The smallest absolute Gasteiger partial charge is 0.387 e. The fourth-order valence-electron chi connectivity index (χ4n) is 2.32. The van der Waals surface area contributed by atoms with Crippen molar-refractivity contribution in [3.8, 4) is 23.0 Å². The number of hydrogen-bond acceptors (Lipinski definition) is 6. The lowest BCUT2D eigenvalue weighted by molar-refractivity contribution is -0.0515. The molecule has 0 aliphatic carbocycles. The monoisotopic (exact) mass is 394 g/mol. The lowest BCUT2D eigenvalue weighted by Crippen LogP contribution is -2.18. The molecule has 0 aliphatic heterocycles. The SMILES string of the molecule is CCOc1cccc(/C=N\NC(=O)c2ccc(OC)c(OC)c2)c1OC(F)F. The predicted molar refractivity (Wildman–Crippen MR) is 98.8 cm³/mol. The van der Waals surface area contributed by atoms with Crippen LogP contribution in [0.4, 0.5) is 8.78 Å². The predicted octanol–water partition coefficient (Wildman–Crippen LogP) is 3.47. The number of nitrogens with one attached hydrogen (secondary N) is 1. The van der Waals surface area contributed by atoms with Gasteiger partial charge in [-0.2, -0.15) is 13.9 Å². The minimum Gasteiger partial charge on any atom is -0.493 e. The first-order chi connectivity index (χ1) is 13.5. The number of amides is 1. The van der Waals surface area contributed by atoms with Gasteiger partial charge >= 0.3 is 6.61 Å². The molecular weight excluding hydrogens is 374 g/mol. The normalized spacial score (nSPS) is 10.8. The molecule has 0 fully saturated rings. The van der Waals surface area contributed by atoms with Crippen molar-refractivity contribution < 1.29 is 32.5 Å². The Hall–Kier alpha value is -3.36. The van der Waals surface area contributed by atoms with E-state index in [0.717, 1.165) is 0 Å². The van der Waals surface area contributed by atoms with Crippen LogP contribution in [-0.4, -0.2) is 39.6 Å². The molecule has 28 heavy (non-hydrogen) atoms. The summed E-state index contributed by atoms with van der Waals surface area (Å²) in [6.45, 7) is -1.04. The van der Waals surface area contributed by atoms with Crippen molar-refractivity contribution in [1.82, 2.24) is 5.43 Å². The molecule has 150 valence electrons. The minimum absolute atomic E-state index is 0.151. The second-order valence-electron chi connectivity index (χ2n) is 5.25. The Balaban J connectivity index is 2.18. The van der Waals surface area contributed by atoms with Crippen LogP contribution in [0.2, 0.25) is 0 Å². The van der Waals surface area contributed by atoms with Gasteiger partial charge in [0.15, 0.2) is 23.0 Å². The molecule has 0 bridgehead atoms. The van der Waals surface area contributed by atoms with Gasteiger partial charge in [-0.25, -0.2) is 5.43 Å². The maximum absolute atomic E-state index is 12.7. The summed E-state index contributed by atoms with van der Waals surface area (Å²) < 4.78 is 45.5. The van der Waals surface area contributed by atoms with E-state index in [1.54, 1.807) is 19.1 Å². The molecular formula is C19H20F2N2O5. The standard InChI is InChI=1S/C19H20F2N2O5/c1-4-27-15-7-5-6-13(17(15)28-19(20)21)11-22-23-18(24)12-8-9-14(25-2)16(10-12)26-3/h5-11,19H,4H2,1-3H3,(H,23,24)/b22-11-. The highest BCUT2D eigenvalue weighted by Gasteiger charge is 2.15. The Morgan fingerprint density at radius 1 is 1.14 bits per heavy atom. The topological polar surface area (TPSA) is 78.4 Å². The number of para-hydroxylation sites is 1. The van der Waals surface area contributed by atoms with E-state index in [9.17, 15) is 13.6 Å². The molecule has 0 aromatic heterocycles. The van der Waals surface area contributed by atoms with Crippen molar-refractivity contribution in [2.24, 2.45) is 5.10 Å². The molecule has 0 aliphatic rings. The molecule has 0 heterocycles. The van der Waals surface area contributed by atoms with Crippen LogP contribution in [0.15, 0.2) is 41.5 Å². The molecule has 0 atom stereocenters. The van der Waals surface area contributed by atoms with E-state index in [1.807, 2.05) is 0 Å². The van der Waals surface area contributed by atoms with Gasteiger partial charge in [-0.15, -0.1) is 0 Å². The summed E-state index contributed by atoms with van der Waals surface area (Å²) in [7, 11) is 2.94. The van der Waals surface area contributed by atoms with Gasteiger partial charge in [-0.1, -0.05) is 6.07 Å². The van der Waals surface area contributed by atoms with Gasteiger partial charge in [-0.3, -0.25) is 4.79 Å². The van der Waals surface area contributed by atoms with Crippen molar-refractivity contribution in [3.05, 3.63) is 47.5 Å². The summed E-state index contributed by atoms with van der Waals surface area (Å²) >= 11 is 0. The van der Waals surface area contributed by atoms with Gasteiger partial charge < -0.3 is 18.9 Å². The van der Waals surface area contributed by atoms with E-state index in [2.05, 4.69) is 15.3 Å². The summed E-state index contributed by atoms with van der Waals surface area (Å²) in [5, 5.41) is 3.81. The fraction of sp³-hybridized carbons (Fsp3) is 0.263. The summed E-state index contributed by atoms with van der Waals surface area (Å²) in [6.07, 6.45) is 1.19. The van der Waals surface area contributed by atoms with Gasteiger partial charge in [0.2, 0.25) is 0 Å². The molecule has 0 saturated carbocycles. The zero-order valence-electron chi connectivity index (χ0n) is 15.6. The second-order valence-corrected chi connectivity index (χ2v) is 5.25. The Labute approximate surface area is 160 Å². The number of ether oxygens (including phenoxy) is 4. The van der Waals surface area contributed by atoms with Crippen LogP contribution in [0.5, 0.6) is 23.0 Å². The zero-order chi connectivity index (χ0) is 20.5. The molecule has 0 radical (unpaired) electrons. The van der Waals surface area contributed by atoms with E-state index in [4.69, 9.17) is 14.2 Å². The lowest BCUT2D eigenvalue weighted by Gasteiger charge is -2.13. The lowest BCUT2D eigenvalue weighted by atomic mass is 10.2. The number of alkyl halides is 2. The second kappa shape index (κ2) is 10.1. The molecule has 0 unspecified atom stereocenters. The van der Waals surface area contributed by atoms with Gasteiger partial charge in [0.05, 0.1) is 27.0 Å². The molecule has 2 aromatic rings. The van der Waals surface area contributed by atoms with Crippen molar-refractivity contribution >= 4 is 12.1 Å². The van der Waals surface area contributed by atoms with Crippen LogP contribution in [0.3, 0.4) is 0 Å².